The molecule has 0 fully saturated rings. The molecule has 2 aliphatic carbocycles. The molecule has 10 heteroatoms. The molecule has 0 bridgehead atoms. The molecular formula is C38H42ClFN6OS. The van der Waals surface area contributed by atoms with Gasteiger partial charge in [-0.3, -0.25) is 14.5 Å². The second-order valence-corrected chi connectivity index (χ2v) is 14.6. The van der Waals surface area contributed by atoms with E-state index in [1.54, 1.807) is 16.8 Å². The van der Waals surface area contributed by atoms with Gasteiger partial charge >= 0.3 is 0 Å². The molecule has 1 amide bonds. The fourth-order valence-corrected chi connectivity index (χ4v) is 6.81. The Morgan fingerprint density at radius 1 is 1.17 bits per heavy atom. The molecule has 0 saturated heterocycles. The number of amides is 1. The number of rotatable bonds is 12. The van der Waals surface area contributed by atoms with Crippen LogP contribution in [0.1, 0.15) is 37.8 Å². The van der Waals surface area contributed by atoms with Crippen molar-refractivity contribution in [2.45, 2.75) is 43.7 Å². The number of amidine groups is 1. The van der Waals surface area contributed by atoms with Gasteiger partial charge in [-0.15, -0.1) is 17.3 Å². The zero-order valence-electron chi connectivity index (χ0n) is 27.8. The highest BCUT2D eigenvalue weighted by Gasteiger charge is 2.31. The largest absolute Gasteiger partial charge is 0.335 e. The summed E-state index contributed by atoms with van der Waals surface area (Å²) >= 11 is 7.99. The number of benzene rings is 1. The second kappa shape index (κ2) is 15.4. The Morgan fingerprint density at radius 2 is 1.96 bits per heavy atom. The van der Waals surface area contributed by atoms with Crippen LogP contribution in [0.4, 0.5) is 4.39 Å². The molecular weight excluding hydrogens is 643 g/mol. The maximum Gasteiger partial charge on any atom is 0.242 e. The number of aryl methyl sites for hydroxylation is 1. The van der Waals surface area contributed by atoms with E-state index in [0.717, 1.165) is 35.1 Å². The van der Waals surface area contributed by atoms with Crippen LogP contribution in [0, 0.1) is 11.2 Å². The van der Waals surface area contributed by atoms with Crippen molar-refractivity contribution in [3.05, 3.63) is 131 Å². The minimum atomic E-state index is -0.337. The average Bonchev–Trinajstić information content (AvgIpc) is 3.48. The van der Waals surface area contributed by atoms with Crippen molar-refractivity contribution in [1.82, 2.24) is 19.6 Å². The number of hydrogen-bond donors (Lipinski definition) is 0. The number of carbonyl (C=O) groups excluding carboxylic acids is 1. The summed E-state index contributed by atoms with van der Waals surface area (Å²) < 4.78 is 15.3. The van der Waals surface area contributed by atoms with Crippen LogP contribution in [-0.2, 0) is 24.0 Å². The highest BCUT2D eigenvalue weighted by molar-refractivity contribution is 8.13. The SMILES string of the molecule is C=C=C1N=C(SCc2ccc(F)cc2)N(CC(=O)N(CCN=C)CC2=CCC(C)(C3=CCC(C)(Cl)C=C3)C=C2)C=C1Cc1cnn(C)c1. The van der Waals surface area contributed by atoms with Crippen molar-refractivity contribution in [1.29, 1.82) is 0 Å². The van der Waals surface area contributed by atoms with Crippen molar-refractivity contribution in [3.8, 4) is 0 Å². The topological polar surface area (TPSA) is 66.1 Å². The van der Waals surface area contributed by atoms with Crippen LogP contribution in [0.5, 0.6) is 0 Å². The Balaban J connectivity index is 1.34. The Hall–Kier alpha value is -4.17. The Kier molecular flexibility index (Phi) is 11.3. The summed E-state index contributed by atoms with van der Waals surface area (Å²) in [5.41, 5.74) is 8.65. The lowest BCUT2D eigenvalue weighted by atomic mass is 9.73. The number of allylic oxidation sites excluding steroid dienone is 7. The first-order chi connectivity index (χ1) is 23.0. The van der Waals surface area contributed by atoms with Gasteiger partial charge < -0.3 is 9.80 Å². The summed E-state index contributed by atoms with van der Waals surface area (Å²) in [6.45, 7) is 13.2. The first-order valence-electron chi connectivity index (χ1n) is 16.0. The third-order valence-corrected chi connectivity index (χ3v) is 10.0. The van der Waals surface area contributed by atoms with Crippen LogP contribution in [0.25, 0.3) is 0 Å². The lowest BCUT2D eigenvalue weighted by Crippen LogP contribution is -2.43. The van der Waals surface area contributed by atoms with Crippen LogP contribution in [0.2, 0.25) is 0 Å². The number of thioether (sulfide) groups is 1. The third-order valence-electron chi connectivity index (χ3n) is 8.67. The van der Waals surface area contributed by atoms with Gasteiger partial charge in [-0.05, 0) is 60.9 Å². The monoisotopic (exact) mass is 684 g/mol. The molecule has 3 aliphatic rings. The molecule has 48 heavy (non-hydrogen) atoms. The number of aliphatic imine (C=N–C) groups is 2. The fourth-order valence-electron chi connectivity index (χ4n) is 5.74. The Morgan fingerprint density at radius 3 is 2.58 bits per heavy atom. The molecule has 2 aromatic rings. The number of hydrogen-bond acceptors (Lipinski definition) is 6. The first kappa shape index (κ1) is 35.1. The second-order valence-electron chi connectivity index (χ2n) is 12.8. The van der Waals surface area contributed by atoms with E-state index in [-0.39, 0.29) is 28.6 Å². The predicted molar refractivity (Wildman–Crippen MR) is 197 cm³/mol. The van der Waals surface area contributed by atoms with E-state index in [1.165, 1.54) is 29.5 Å². The smallest absolute Gasteiger partial charge is 0.242 e. The van der Waals surface area contributed by atoms with Crippen molar-refractivity contribution in [2.75, 3.05) is 26.2 Å². The maximum atomic E-state index is 14.1. The van der Waals surface area contributed by atoms with E-state index in [0.29, 0.717) is 42.7 Å². The molecule has 250 valence electrons. The number of nitrogens with zero attached hydrogens (tertiary/aromatic N) is 6. The molecule has 5 rings (SSSR count). The summed E-state index contributed by atoms with van der Waals surface area (Å²) in [6.07, 6.45) is 21.0. The number of halogens is 2. The van der Waals surface area contributed by atoms with E-state index in [4.69, 9.17) is 16.6 Å². The van der Waals surface area contributed by atoms with Gasteiger partial charge in [0.25, 0.3) is 0 Å². The predicted octanol–water partition coefficient (Wildman–Crippen LogP) is 7.57. The minimum absolute atomic E-state index is 0.0568. The molecule has 2 unspecified atom stereocenters. The number of carbonyl (C=O) groups is 1. The number of alkyl halides is 1. The molecule has 7 nitrogen and oxygen atoms in total. The van der Waals surface area contributed by atoms with Crippen molar-refractivity contribution < 1.29 is 9.18 Å². The van der Waals surface area contributed by atoms with Crippen LogP contribution in [0.15, 0.2) is 124 Å². The minimum Gasteiger partial charge on any atom is -0.335 e. The summed E-state index contributed by atoms with van der Waals surface area (Å²) in [6, 6.07) is 6.40. The van der Waals surface area contributed by atoms with Gasteiger partial charge in [0.2, 0.25) is 5.91 Å². The molecule has 0 spiro atoms. The summed E-state index contributed by atoms with van der Waals surface area (Å²) in [5.74, 6) is 0.212. The van der Waals surface area contributed by atoms with E-state index >= 15 is 0 Å². The standard InChI is InChI=1S/C38H42ClFN6OS/c1-6-34-31(21-30-22-42-44(5)23-30)25-46(36(43-34)48-27-29-7-9-33(40)10-8-29)26-35(47)45(20-19-41-4)24-28-11-15-37(2,16-12-28)32-13-17-38(3,39)18-14-32/h7-15,17,22-23,25H,1,4,16,18-21,24,26-27H2,2-3,5H3. The third kappa shape index (κ3) is 9.04. The van der Waals surface area contributed by atoms with E-state index in [1.807, 2.05) is 42.4 Å². The number of aromatic nitrogens is 2. The fraction of sp³-hybridized carbons (Fsp3) is 0.342. The van der Waals surface area contributed by atoms with Crippen molar-refractivity contribution in [3.63, 3.8) is 0 Å². The molecule has 0 N–H and O–H groups in total. The molecule has 1 aromatic heterocycles. The molecule has 2 heterocycles. The van der Waals surface area contributed by atoms with Gasteiger partial charge in [-0.25, -0.2) is 9.38 Å². The highest BCUT2D eigenvalue weighted by Crippen LogP contribution is 2.41. The zero-order valence-corrected chi connectivity index (χ0v) is 29.4. The normalized spacial score (nSPS) is 22.0. The molecule has 0 saturated carbocycles. The van der Waals surface area contributed by atoms with E-state index in [9.17, 15) is 9.18 Å². The molecule has 1 aromatic carbocycles. The Bertz CT molecular complexity index is 1780. The van der Waals surface area contributed by atoms with Gasteiger partial charge in [0.1, 0.15) is 18.1 Å². The van der Waals surface area contributed by atoms with Crippen LogP contribution in [-0.4, -0.2) is 68.4 Å². The van der Waals surface area contributed by atoms with Crippen LogP contribution >= 0.6 is 23.4 Å². The molecule has 0 radical (unpaired) electrons. The van der Waals surface area contributed by atoms with Gasteiger partial charge in [-0.1, -0.05) is 73.9 Å². The van der Waals surface area contributed by atoms with E-state index in [2.05, 4.69) is 72.5 Å². The van der Waals surface area contributed by atoms with Gasteiger partial charge in [-0.2, -0.15) is 5.10 Å². The maximum absolute atomic E-state index is 14.1. The van der Waals surface area contributed by atoms with Gasteiger partial charge in [0.05, 0.1) is 17.6 Å². The van der Waals surface area contributed by atoms with Crippen molar-refractivity contribution >= 4 is 41.2 Å². The average molecular weight is 685 g/mol. The van der Waals surface area contributed by atoms with Crippen LogP contribution < -0.4 is 0 Å². The molecule has 1 aliphatic heterocycles. The Labute approximate surface area is 292 Å². The van der Waals surface area contributed by atoms with Gasteiger partial charge in [0.15, 0.2) is 5.17 Å². The lowest BCUT2D eigenvalue weighted by Gasteiger charge is -2.34. The molecule has 2 atom stereocenters. The highest BCUT2D eigenvalue weighted by atomic mass is 35.5. The zero-order chi connectivity index (χ0) is 34.3. The summed E-state index contributed by atoms with van der Waals surface area (Å²) in [5, 5.41) is 4.94. The van der Waals surface area contributed by atoms with Crippen LogP contribution in [0.3, 0.4) is 0 Å². The summed E-state index contributed by atoms with van der Waals surface area (Å²) in [4.78, 5) is 26.4. The van der Waals surface area contributed by atoms with Crippen molar-refractivity contribution in [2.24, 2.45) is 22.4 Å². The quantitative estimate of drug-likeness (QED) is 0.132. The summed E-state index contributed by atoms with van der Waals surface area (Å²) in [7, 11) is 1.88. The van der Waals surface area contributed by atoms with E-state index < -0.39 is 0 Å². The lowest BCUT2D eigenvalue weighted by molar-refractivity contribution is -0.130. The first-order valence-corrected chi connectivity index (χ1v) is 17.3. The van der Waals surface area contributed by atoms with Gasteiger partial charge in [0, 0.05) is 55.7 Å².